The summed E-state index contributed by atoms with van der Waals surface area (Å²) >= 11 is 0. The Labute approximate surface area is 123 Å². The molecular formula is C15H18N4O2. The molecule has 1 saturated heterocycles. The van der Waals surface area contributed by atoms with E-state index in [4.69, 9.17) is 4.74 Å². The Bertz CT molecular complexity index is 638. The van der Waals surface area contributed by atoms with E-state index in [9.17, 15) is 4.79 Å². The van der Waals surface area contributed by atoms with Gasteiger partial charge in [0.25, 0.3) is 5.91 Å². The van der Waals surface area contributed by atoms with Gasteiger partial charge in [0.05, 0.1) is 11.0 Å². The van der Waals surface area contributed by atoms with Gasteiger partial charge in [-0.2, -0.15) is 0 Å². The maximum absolute atomic E-state index is 12.1. The number of amides is 1. The second kappa shape index (κ2) is 6.05. The summed E-state index contributed by atoms with van der Waals surface area (Å²) in [6.45, 7) is 3.42. The van der Waals surface area contributed by atoms with Gasteiger partial charge in [-0.25, -0.2) is 0 Å². The summed E-state index contributed by atoms with van der Waals surface area (Å²) in [4.78, 5) is 24.6. The number of piperazine rings is 1. The molecule has 0 radical (unpaired) electrons. The van der Waals surface area contributed by atoms with Gasteiger partial charge >= 0.3 is 0 Å². The van der Waals surface area contributed by atoms with Gasteiger partial charge in [0, 0.05) is 44.6 Å². The van der Waals surface area contributed by atoms with E-state index in [1.165, 1.54) is 0 Å². The zero-order valence-corrected chi connectivity index (χ0v) is 12.0. The lowest BCUT2D eigenvalue weighted by atomic mass is 10.3. The number of carbonyl (C=O) groups is 1. The second-order valence-electron chi connectivity index (χ2n) is 5.18. The van der Waals surface area contributed by atoms with Crippen molar-refractivity contribution in [3.05, 3.63) is 30.6 Å². The van der Waals surface area contributed by atoms with Gasteiger partial charge < -0.3 is 14.5 Å². The molecule has 0 N–H and O–H groups in total. The molecule has 0 spiro atoms. The van der Waals surface area contributed by atoms with Crippen LogP contribution in [0.2, 0.25) is 0 Å². The number of benzene rings is 1. The molecule has 0 saturated carbocycles. The maximum Gasteiger partial charge on any atom is 0.260 e. The fourth-order valence-electron chi connectivity index (χ4n) is 2.33. The summed E-state index contributed by atoms with van der Waals surface area (Å²) in [6, 6.07) is 5.46. The summed E-state index contributed by atoms with van der Waals surface area (Å²) in [7, 11) is 2.06. The van der Waals surface area contributed by atoms with Gasteiger partial charge in [-0.1, -0.05) is 0 Å². The van der Waals surface area contributed by atoms with Gasteiger partial charge in [0.15, 0.2) is 6.61 Å². The number of hydrogen-bond donors (Lipinski definition) is 0. The molecule has 0 unspecified atom stereocenters. The summed E-state index contributed by atoms with van der Waals surface area (Å²) in [5.41, 5.74) is 1.58. The lowest BCUT2D eigenvalue weighted by Gasteiger charge is -2.32. The average Bonchev–Trinajstić information content (AvgIpc) is 2.53. The van der Waals surface area contributed by atoms with Crippen LogP contribution in [0.5, 0.6) is 5.75 Å². The number of hydrogen-bond acceptors (Lipinski definition) is 5. The minimum Gasteiger partial charge on any atom is -0.484 e. The van der Waals surface area contributed by atoms with Gasteiger partial charge in [-0.05, 0) is 19.2 Å². The van der Waals surface area contributed by atoms with Gasteiger partial charge in [0.2, 0.25) is 0 Å². The third-order valence-corrected chi connectivity index (χ3v) is 3.66. The lowest BCUT2D eigenvalue weighted by Crippen LogP contribution is -2.48. The highest BCUT2D eigenvalue weighted by molar-refractivity contribution is 5.78. The molecule has 0 aliphatic carbocycles. The molecule has 0 bridgehead atoms. The predicted molar refractivity (Wildman–Crippen MR) is 79.1 cm³/mol. The summed E-state index contributed by atoms with van der Waals surface area (Å²) in [6.07, 6.45) is 3.29. The van der Waals surface area contributed by atoms with Crippen LogP contribution < -0.4 is 4.74 Å². The molecule has 2 heterocycles. The summed E-state index contributed by atoms with van der Waals surface area (Å²) in [5, 5.41) is 0. The van der Waals surface area contributed by atoms with E-state index < -0.39 is 0 Å². The zero-order chi connectivity index (χ0) is 14.7. The average molecular weight is 286 g/mol. The van der Waals surface area contributed by atoms with Gasteiger partial charge in [0.1, 0.15) is 5.75 Å². The van der Waals surface area contributed by atoms with Crippen LogP contribution in [0.3, 0.4) is 0 Å². The number of aromatic nitrogens is 2. The minimum atomic E-state index is 0.0299. The first kappa shape index (κ1) is 13.8. The number of fused-ring (bicyclic) bond motifs is 1. The molecule has 2 aromatic rings. The molecular weight excluding hydrogens is 268 g/mol. The van der Waals surface area contributed by atoms with Crippen molar-refractivity contribution in [1.29, 1.82) is 0 Å². The smallest absolute Gasteiger partial charge is 0.260 e. The van der Waals surface area contributed by atoms with E-state index in [0.717, 1.165) is 37.2 Å². The first-order chi connectivity index (χ1) is 10.2. The highest BCUT2D eigenvalue weighted by Crippen LogP contribution is 2.17. The van der Waals surface area contributed by atoms with Crippen molar-refractivity contribution in [3.8, 4) is 5.75 Å². The zero-order valence-electron chi connectivity index (χ0n) is 12.0. The molecule has 1 aromatic heterocycles. The van der Waals surface area contributed by atoms with E-state index in [1.807, 2.05) is 17.0 Å². The normalized spacial score (nSPS) is 16.1. The van der Waals surface area contributed by atoms with E-state index >= 15 is 0 Å². The van der Waals surface area contributed by atoms with Crippen LogP contribution in [-0.2, 0) is 4.79 Å². The Morgan fingerprint density at radius 2 is 1.86 bits per heavy atom. The molecule has 21 heavy (non-hydrogen) atoms. The van der Waals surface area contributed by atoms with E-state index in [0.29, 0.717) is 5.75 Å². The third-order valence-electron chi connectivity index (χ3n) is 3.66. The van der Waals surface area contributed by atoms with Crippen LogP contribution in [0, 0.1) is 0 Å². The Morgan fingerprint density at radius 1 is 1.14 bits per heavy atom. The molecule has 3 rings (SSSR count). The molecule has 6 heteroatoms. The molecule has 0 atom stereocenters. The lowest BCUT2D eigenvalue weighted by molar-refractivity contribution is -0.134. The fraction of sp³-hybridized carbons (Fsp3) is 0.400. The number of carbonyl (C=O) groups excluding carboxylic acids is 1. The Kier molecular flexibility index (Phi) is 3.96. The number of likely N-dealkylation sites (N-methyl/N-ethyl adjacent to an activating group) is 1. The van der Waals surface area contributed by atoms with Crippen LogP contribution in [0.15, 0.2) is 30.6 Å². The minimum absolute atomic E-state index is 0.0299. The highest BCUT2D eigenvalue weighted by atomic mass is 16.5. The molecule has 1 aromatic carbocycles. The van der Waals surface area contributed by atoms with Crippen molar-refractivity contribution in [2.45, 2.75) is 0 Å². The molecule has 1 aliphatic heterocycles. The molecule has 1 amide bonds. The predicted octanol–water partition coefficient (Wildman–Crippen LogP) is 0.783. The Balaban J connectivity index is 1.59. The fourth-order valence-corrected chi connectivity index (χ4v) is 2.33. The first-order valence-corrected chi connectivity index (χ1v) is 7.02. The SMILES string of the molecule is CN1CCN(C(=O)COc2ccc3nccnc3c2)CC1. The molecule has 1 fully saturated rings. The monoisotopic (exact) mass is 286 g/mol. The quantitative estimate of drug-likeness (QED) is 0.834. The summed E-state index contributed by atoms with van der Waals surface area (Å²) in [5.74, 6) is 0.674. The van der Waals surface area contributed by atoms with Crippen LogP contribution in [-0.4, -0.2) is 65.5 Å². The van der Waals surface area contributed by atoms with Crippen LogP contribution in [0.1, 0.15) is 0 Å². The third kappa shape index (κ3) is 3.28. The van der Waals surface area contributed by atoms with Crippen LogP contribution >= 0.6 is 0 Å². The van der Waals surface area contributed by atoms with Crippen molar-refractivity contribution in [2.24, 2.45) is 0 Å². The second-order valence-corrected chi connectivity index (χ2v) is 5.18. The van der Waals surface area contributed by atoms with Crippen molar-refractivity contribution in [3.63, 3.8) is 0 Å². The number of ether oxygens (including phenoxy) is 1. The van der Waals surface area contributed by atoms with Crippen LogP contribution in [0.4, 0.5) is 0 Å². The first-order valence-electron chi connectivity index (χ1n) is 7.02. The topological polar surface area (TPSA) is 58.6 Å². The maximum atomic E-state index is 12.1. The summed E-state index contributed by atoms with van der Waals surface area (Å²) < 4.78 is 5.58. The largest absolute Gasteiger partial charge is 0.484 e. The molecule has 1 aliphatic rings. The molecule has 6 nitrogen and oxygen atoms in total. The number of rotatable bonds is 3. The van der Waals surface area contributed by atoms with Crippen molar-refractivity contribution in [1.82, 2.24) is 19.8 Å². The van der Waals surface area contributed by atoms with Crippen molar-refractivity contribution >= 4 is 16.9 Å². The van der Waals surface area contributed by atoms with Crippen molar-refractivity contribution in [2.75, 3.05) is 39.8 Å². The Hall–Kier alpha value is -2.21. The van der Waals surface area contributed by atoms with Crippen LogP contribution in [0.25, 0.3) is 11.0 Å². The highest BCUT2D eigenvalue weighted by Gasteiger charge is 2.19. The van der Waals surface area contributed by atoms with E-state index in [2.05, 4.69) is 21.9 Å². The van der Waals surface area contributed by atoms with E-state index in [1.54, 1.807) is 18.5 Å². The Morgan fingerprint density at radius 3 is 2.62 bits per heavy atom. The van der Waals surface area contributed by atoms with Gasteiger partial charge in [-0.15, -0.1) is 0 Å². The standard InChI is InChI=1S/C15H18N4O2/c1-18-6-8-19(9-7-18)15(20)11-21-12-2-3-13-14(10-12)17-5-4-16-13/h2-5,10H,6-9,11H2,1H3. The molecule has 110 valence electrons. The van der Waals surface area contributed by atoms with E-state index in [-0.39, 0.29) is 12.5 Å². The van der Waals surface area contributed by atoms with Crippen molar-refractivity contribution < 1.29 is 9.53 Å². The number of nitrogens with zero attached hydrogens (tertiary/aromatic N) is 4. The van der Waals surface area contributed by atoms with Gasteiger partial charge in [-0.3, -0.25) is 14.8 Å².